The molecule has 0 heterocycles. The van der Waals surface area contributed by atoms with E-state index in [9.17, 15) is 9.18 Å². The van der Waals surface area contributed by atoms with Gasteiger partial charge in [0.2, 0.25) is 0 Å². The summed E-state index contributed by atoms with van der Waals surface area (Å²) < 4.78 is 18.7. The minimum atomic E-state index is -0.400. The number of urea groups is 1. The first-order valence-electron chi connectivity index (χ1n) is 7.76. The van der Waals surface area contributed by atoms with Gasteiger partial charge in [-0.05, 0) is 44.7 Å². The molecule has 0 atom stereocenters. The third-order valence-electron chi connectivity index (χ3n) is 3.54. The number of anilines is 1. The van der Waals surface area contributed by atoms with Gasteiger partial charge in [0.15, 0.2) is 0 Å². The van der Waals surface area contributed by atoms with Crippen molar-refractivity contribution in [2.75, 3.05) is 25.1 Å². The Hall–Kier alpha value is -1.82. The van der Waals surface area contributed by atoms with Crippen LogP contribution in [0, 0.1) is 5.82 Å². The predicted molar refractivity (Wildman–Crippen MR) is 82.6 cm³/mol. The highest BCUT2D eigenvalue weighted by atomic mass is 19.1. The quantitative estimate of drug-likeness (QED) is 0.726. The highest BCUT2D eigenvalue weighted by Gasteiger charge is 2.32. The summed E-state index contributed by atoms with van der Waals surface area (Å²) in [7, 11) is 0. The topological polar surface area (TPSA) is 61.8 Å². The molecule has 122 valence electrons. The fourth-order valence-electron chi connectivity index (χ4n) is 2.29. The molecule has 0 radical (unpaired) electrons. The number of rotatable bonds is 8. The molecule has 1 aromatic rings. The lowest BCUT2D eigenvalue weighted by molar-refractivity contribution is 0.203. The number of carbonyl (C=O) groups is 1. The van der Waals surface area contributed by atoms with Gasteiger partial charge in [-0.15, -0.1) is 0 Å². The number of amides is 2. The zero-order valence-electron chi connectivity index (χ0n) is 12.8. The van der Waals surface area contributed by atoms with Crippen molar-refractivity contribution in [1.82, 2.24) is 4.90 Å². The molecule has 0 aliphatic heterocycles. The zero-order valence-corrected chi connectivity index (χ0v) is 12.8. The largest absolute Gasteiger partial charge is 0.492 e. The Morgan fingerprint density at radius 2 is 2.23 bits per heavy atom. The van der Waals surface area contributed by atoms with Crippen LogP contribution in [0.1, 0.15) is 32.6 Å². The summed E-state index contributed by atoms with van der Waals surface area (Å²) in [5.74, 6) is -0.0644. The molecular weight excluding hydrogens is 287 g/mol. The van der Waals surface area contributed by atoms with E-state index in [2.05, 4.69) is 5.32 Å². The summed E-state index contributed by atoms with van der Waals surface area (Å²) in [6, 6.07) is 4.15. The van der Waals surface area contributed by atoms with Crippen LogP contribution in [0.5, 0.6) is 5.75 Å². The summed E-state index contributed by atoms with van der Waals surface area (Å²) in [4.78, 5) is 14.2. The maximum Gasteiger partial charge on any atom is 0.322 e. The molecule has 2 amide bonds. The number of benzene rings is 1. The number of halogens is 1. The van der Waals surface area contributed by atoms with E-state index < -0.39 is 5.82 Å². The monoisotopic (exact) mass is 310 g/mol. The summed E-state index contributed by atoms with van der Waals surface area (Å²) in [6.07, 6.45) is 3.46. The number of hydrogen-bond donors (Lipinski definition) is 2. The second-order valence-electron chi connectivity index (χ2n) is 5.36. The number of hydrogen-bond acceptors (Lipinski definition) is 3. The van der Waals surface area contributed by atoms with Crippen LogP contribution in [0.15, 0.2) is 18.2 Å². The van der Waals surface area contributed by atoms with Crippen molar-refractivity contribution in [1.29, 1.82) is 0 Å². The summed E-state index contributed by atoms with van der Waals surface area (Å²) in [6.45, 7) is 2.95. The molecule has 6 heteroatoms. The maximum atomic E-state index is 13.3. The van der Waals surface area contributed by atoms with Crippen molar-refractivity contribution in [3.63, 3.8) is 0 Å². The van der Waals surface area contributed by atoms with Gasteiger partial charge in [-0.2, -0.15) is 0 Å². The van der Waals surface area contributed by atoms with Crippen LogP contribution in [0.4, 0.5) is 14.9 Å². The molecule has 2 rings (SSSR count). The minimum Gasteiger partial charge on any atom is -0.492 e. The molecule has 0 bridgehead atoms. The standard InChI is InChI=1S/C16H23FN2O3/c1-2-22-15-11-12(17)5-8-14(15)18-16(21)19(13-6-7-13)9-3-4-10-20/h5,8,11,13,20H,2-4,6-7,9-10H2,1H3,(H,18,21). The van der Waals surface area contributed by atoms with Crippen LogP contribution < -0.4 is 10.1 Å². The van der Waals surface area contributed by atoms with Gasteiger partial charge in [0.25, 0.3) is 0 Å². The van der Waals surface area contributed by atoms with E-state index in [0.717, 1.165) is 19.3 Å². The first kappa shape index (κ1) is 16.5. The summed E-state index contributed by atoms with van der Waals surface area (Å²) >= 11 is 0. The van der Waals surface area contributed by atoms with Gasteiger partial charge in [-0.3, -0.25) is 0 Å². The van der Waals surface area contributed by atoms with Crippen molar-refractivity contribution in [3.05, 3.63) is 24.0 Å². The van der Waals surface area contributed by atoms with Gasteiger partial charge in [0.1, 0.15) is 11.6 Å². The lowest BCUT2D eigenvalue weighted by atomic mass is 10.2. The Morgan fingerprint density at radius 3 is 2.86 bits per heavy atom. The summed E-state index contributed by atoms with van der Waals surface area (Å²) in [5.41, 5.74) is 0.473. The second kappa shape index (κ2) is 7.98. The molecule has 1 aliphatic carbocycles. The Balaban J connectivity index is 2.02. The number of nitrogens with zero attached hydrogens (tertiary/aromatic N) is 1. The smallest absolute Gasteiger partial charge is 0.322 e. The van der Waals surface area contributed by atoms with Crippen molar-refractivity contribution in [2.45, 2.75) is 38.6 Å². The zero-order chi connectivity index (χ0) is 15.9. The lowest BCUT2D eigenvalue weighted by Gasteiger charge is -2.23. The van der Waals surface area contributed by atoms with Crippen molar-refractivity contribution >= 4 is 11.7 Å². The molecule has 2 N–H and O–H groups in total. The number of aliphatic hydroxyl groups is 1. The van der Waals surface area contributed by atoms with Crippen LogP contribution in [0.3, 0.4) is 0 Å². The van der Waals surface area contributed by atoms with E-state index in [1.807, 2.05) is 6.92 Å². The minimum absolute atomic E-state index is 0.132. The van der Waals surface area contributed by atoms with E-state index >= 15 is 0 Å². The van der Waals surface area contributed by atoms with E-state index in [-0.39, 0.29) is 18.7 Å². The fourth-order valence-corrected chi connectivity index (χ4v) is 2.29. The SMILES string of the molecule is CCOc1cc(F)ccc1NC(=O)N(CCCCO)C1CC1. The van der Waals surface area contributed by atoms with E-state index in [1.54, 1.807) is 4.90 Å². The normalized spacial score (nSPS) is 13.8. The van der Waals surface area contributed by atoms with Gasteiger partial charge >= 0.3 is 6.03 Å². The van der Waals surface area contributed by atoms with Crippen LogP contribution >= 0.6 is 0 Å². The van der Waals surface area contributed by atoms with E-state index in [1.165, 1.54) is 18.2 Å². The first-order chi connectivity index (χ1) is 10.7. The Kier molecular flexibility index (Phi) is 6.00. The predicted octanol–water partition coefficient (Wildman–Crippen LogP) is 2.99. The third-order valence-corrected chi connectivity index (χ3v) is 3.54. The molecule has 5 nitrogen and oxygen atoms in total. The Labute approximate surface area is 130 Å². The highest BCUT2D eigenvalue weighted by Crippen LogP contribution is 2.30. The van der Waals surface area contributed by atoms with Crippen LogP contribution in [-0.4, -0.2) is 41.8 Å². The van der Waals surface area contributed by atoms with E-state index in [4.69, 9.17) is 9.84 Å². The number of carbonyl (C=O) groups excluding carboxylic acids is 1. The van der Waals surface area contributed by atoms with Crippen molar-refractivity contribution in [3.8, 4) is 5.75 Å². The average molecular weight is 310 g/mol. The van der Waals surface area contributed by atoms with Gasteiger partial charge < -0.3 is 20.1 Å². The molecule has 0 spiro atoms. The number of ether oxygens (including phenoxy) is 1. The van der Waals surface area contributed by atoms with Gasteiger partial charge in [-0.25, -0.2) is 9.18 Å². The van der Waals surface area contributed by atoms with Crippen LogP contribution in [-0.2, 0) is 0 Å². The molecule has 22 heavy (non-hydrogen) atoms. The number of unbranched alkanes of at least 4 members (excludes halogenated alkanes) is 1. The second-order valence-corrected chi connectivity index (χ2v) is 5.36. The van der Waals surface area contributed by atoms with Crippen LogP contribution in [0.25, 0.3) is 0 Å². The molecular formula is C16H23FN2O3. The van der Waals surface area contributed by atoms with Gasteiger partial charge in [0.05, 0.1) is 12.3 Å². The van der Waals surface area contributed by atoms with E-state index in [0.29, 0.717) is 31.0 Å². The molecule has 0 aromatic heterocycles. The molecule has 1 aromatic carbocycles. The van der Waals surface area contributed by atoms with Crippen molar-refractivity contribution < 1.29 is 19.0 Å². The van der Waals surface area contributed by atoms with Gasteiger partial charge in [-0.1, -0.05) is 0 Å². The average Bonchev–Trinajstić information content (AvgIpc) is 3.31. The van der Waals surface area contributed by atoms with Gasteiger partial charge in [0, 0.05) is 25.3 Å². The number of aliphatic hydroxyl groups excluding tert-OH is 1. The summed E-state index contributed by atoms with van der Waals surface area (Å²) in [5, 5.41) is 11.7. The van der Waals surface area contributed by atoms with Crippen molar-refractivity contribution in [2.24, 2.45) is 0 Å². The fraction of sp³-hybridized carbons (Fsp3) is 0.562. The molecule has 1 saturated carbocycles. The third kappa shape index (κ3) is 4.59. The molecule has 0 unspecified atom stereocenters. The maximum absolute atomic E-state index is 13.3. The number of nitrogens with one attached hydrogen (secondary N) is 1. The first-order valence-corrected chi connectivity index (χ1v) is 7.76. The highest BCUT2D eigenvalue weighted by molar-refractivity contribution is 5.91. The van der Waals surface area contributed by atoms with Crippen LogP contribution in [0.2, 0.25) is 0 Å². The molecule has 1 aliphatic rings. The molecule has 0 saturated heterocycles. The molecule has 1 fully saturated rings. The Bertz CT molecular complexity index is 506. The Morgan fingerprint density at radius 1 is 1.45 bits per heavy atom. The lowest BCUT2D eigenvalue weighted by Crippen LogP contribution is -2.37.